The molecule has 0 unspecified atom stereocenters. The molecule has 2 rings (SSSR count). The molecule has 110 valence electrons. The third kappa shape index (κ3) is 4.56. The van der Waals surface area contributed by atoms with Gasteiger partial charge in [-0.15, -0.1) is 0 Å². The molecule has 1 aromatic heterocycles. The fourth-order valence-corrected chi connectivity index (χ4v) is 1.77. The average molecular weight is 324 g/mol. The Morgan fingerprint density at radius 3 is 2.71 bits per heavy atom. The first-order chi connectivity index (χ1) is 10.1. The zero-order chi connectivity index (χ0) is 15.2. The Morgan fingerprint density at radius 2 is 2.10 bits per heavy atom. The smallest absolute Gasteiger partial charge is 0.193 e. The monoisotopic (exact) mass is 323 g/mol. The molecule has 2 N–H and O–H groups in total. The minimum absolute atomic E-state index is 0.139. The van der Waals surface area contributed by atoms with Crippen LogP contribution in [0.15, 0.2) is 45.9 Å². The van der Waals surface area contributed by atoms with Crippen molar-refractivity contribution in [2.75, 3.05) is 12.4 Å². The average Bonchev–Trinajstić information content (AvgIpc) is 2.95. The number of halogens is 1. The van der Waals surface area contributed by atoms with Crippen LogP contribution in [-0.2, 0) is 6.61 Å². The first-order valence-electron chi connectivity index (χ1n) is 6.12. The van der Waals surface area contributed by atoms with Gasteiger partial charge in [0.1, 0.15) is 18.1 Å². The van der Waals surface area contributed by atoms with Gasteiger partial charge in [-0.3, -0.25) is 0 Å². The van der Waals surface area contributed by atoms with E-state index in [1.807, 2.05) is 12.1 Å². The van der Waals surface area contributed by atoms with E-state index in [9.17, 15) is 0 Å². The number of hydrazone groups is 1. The number of anilines is 1. The van der Waals surface area contributed by atoms with Gasteiger partial charge < -0.3 is 14.8 Å². The van der Waals surface area contributed by atoms with Gasteiger partial charge in [-0.2, -0.15) is 5.10 Å². The number of nitrogens with zero attached hydrogens (tertiary/aromatic N) is 2. The van der Waals surface area contributed by atoms with Crippen molar-refractivity contribution in [1.29, 1.82) is 0 Å². The number of benzene rings is 1. The van der Waals surface area contributed by atoms with Crippen molar-refractivity contribution in [3.63, 3.8) is 0 Å². The van der Waals surface area contributed by atoms with Crippen LogP contribution in [0, 0.1) is 0 Å². The van der Waals surface area contributed by atoms with Crippen molar-refractivity contribution >= 4 is 40.8 Å². The van der Waals surface area contributed by atoms with E-state index in [0.29, 0.717) is 21.7 Å². The highest BCUT2D eigenvalue weighted by Gasteiger charge is 2.03. The number of thiocarbonyl (C=S) groups is 1. The lowest BCUT2D eigenvalue weighted by molar-refractivity contribution is 0.246. The van der Waals surface area contributed by atoms with Gasteiger partial charge in [-0.1, -0.05) is 11.6 Å². The van der Waals surface area contributed by atoms with E-state index >= 15 is 0 Å². The fraction of sp³-hybridized carbons (Fsp3) is 0.143. The highest BCUT2D eigenvalue weighted by atomic mass is 35.5. The van der Waals surface area contributed by atoms with E-state index in [1.54, 1.807) is 31.3 Å². The molecule has 0 fully saturated rings. The van der Waals surface area contributed by atoms with Crippen molar-refractivity contribution in [1.82, 2.24) is 5.01 Å². The second kappa shape index (κ2) is 7.21. The first kappa shape index (κ1) is 15.5. The number of hydrogen-bond donors (Lipinski definition) is 2. The lowest BCUT2D eigenvalue weighted by Crippen LogP contribution is -2.26. The summed E-state index contributed by atoms with van der Waals surface area (Å²) in [5.41, 5.74) is 0.826. The summed E-state index contributed by atoms with van der Waals surface area (Å²) < 4.78 is 5.29. The third-order valence-corrected chi connectivity index (χ3v) is 3.20. The van der Waals surface area contributed by atoms with Crippen molar-refractivity contribution in [3.05, 3.63) is 52.9 Å². The summed E-state index contributed by atoms with van der Waals surface area (Å²) in [7, 11) is 1.72. The standard InChI is InChI=1S/C14H14ClN3O2S/c1-18(16-8-12-6-7-13(9-19)20-12)14(21)17-11-4-2-10(15)3-5-11/h2-8,19H,9H2,1H3,(H,17,21)/b16-8+. The van der Waals surface area contributed by atoms with Crippen molar-refractivity contribution in [2.24, 2.45) is 5.10 Å². The zero-order valence-electron chi connectivity index (χ0n) is 11.3. The molecule has 0 saturated carbocycles. The summed E-state index contributed by atoms with van der Waals surface area (Å²) in [6, 6.07) is 10.6. The Balaban J connectivity index is 1.94. The number of hydrogen-bond acceptors (Lipinski definition) is 4. The van der Waals surface area contributed by atoms with Gasteiger partial charge in [0, 0.05) is 17.8 Å². The molecule has 1 heterocycles. The zero-order valence-corrected chi connectivity index (χ0v) is 12.9. The van der Waals surface area contributed by atoms with Gasteiger partial charge >= 0.3 is 0 Å². The van der Waals surface area contributed by atoms with E-state index in [2.05, 4.69) is 10.4 Å². The Hall–Kier alpha value is -1.89. The Bertz CT molecular complexity index is 640. The molecule has 2 aromatic rings. The molecule has 0 saturated heterocycles. The summed E-state index contributed by atoms with van der Waals surface area (Å²) in [6.45, 7) is -0.139. The van der Waals surface area contributed by atoms with Gasteiger partial charge in [0.2, 0.25) is 0 Å². The highest BCUT2D eigenvalue weighted by molar-refractivity contribution is 7.80. The Kier molecular flexibility index (Phi) is 5.32. The van der Waals surface area contributed by atoms with Gasteiger partial charge in [-0.05, 0) is 48.6 Å². The van der Waals surface area contributed by atoms with Crippen LogP contribution in [0.1, 0.15) is 11.5 Å². The van der Waals surface area contributed by atoms with Crippen molar-refractivity contribution < 1.29 is 9.52 Å². The van der Waals surface area contributed by atoms with Crippen LogP contribution >= 0.6 is 23.8 Å². The fourth-order valence-electron chi connectivity index (χ4n) is 1.48. The largest absolute Gasteiger partial charge is 0.458 e. The molecule has 0 atom stereocenters. The lowest BCUT2D eigenvalue weighted by Gasteiger charge is -2.15. The molecule has 0 aliphatic rings. The minimum atomic E-state index is -0.139. The SMILES string of the molecule is CN(/N=C/c1ccc(CO)o1)C(=S)Nc1ccc(Cl)cc1. The number of aliphatic hydroxyl groups is 1. The molecule has 5 nitrogen and oxygen atoms in total. The van der Waals surface area contributed by atoms with Crippen molar-refractivity contribution in [3.8, 4) is 0 Å². The number of nitrogens with one attached hydrogen (secondary N) is 1. The summed E-state index contributed by atoms with van der Waals surface area (Å²) in [4.78, 5) is 0. The maximum absolute atomic E-state index is 8.91. The summed E-state index contributed by atoms with van der Waals surface area (Å²) in [5, 5.41) is 18.7. The van der Waals surface area contributed by atoms with Crippen LogP contribution < -0.4 is 5.32 Å². The summed E-state index contributed by atoms with van der Waals surface area (Å²) in [5.74, 6) is 1.03. The Morgan fingerprint density at radius 1 is 1.38 bits per heavy atom. The third-order valence-electron chi connectivity index (χ3n) is 2.59. The Labute approximate surface area is 132 Å². The highest BCUT2D eigenvalue weighted by Crippen LogP contribution is 2.14. The van der Waals surface area contributed by atoms with Crippen LogP contribution in [-0.4, -0.2) is 28.5 Å². The second-order valence-corrected chi connectivity index (χ2v) is 4.99. The predicted octanol–water partition coefficient (Wildman–Crippen LogP) is 3.09. The van der Waals surface area contributed by atoms with Crippen LogP contribution in [0.25, 0.3) is 0 Å². The van der Waals surface area contributed by atoms with Crippen LogP contribution in [0.5, 0.6) is 0 Å². The molecule has 0 aliphatic heterocycles. The quantitative estimate of drug-likeness (QED) is 0.514. The lowest BCUT2D eigenvalue weighted by atomic mass is 10.3. The topological polar surface area (TPSA) is 61.0 Å². The molecule has 0 amide bonds. The van der Waals surface area contributed by atoms with E-state index in [-0.39, 0.29) is 6.61 Å². The van der Waals surface area contributed by atoms with E-state index < -0.39 is 0 Å². The molecular weight excluding hydrogens is 310 g/mol. The maximum atomic E-state index is 8.91. The number of aliphatic hydroxyl groups excluding tert-OH is 1. The molecule has 7 heteroatoms. The second-order valence-electron chi connectivity index (χ2n) is 4.17. The summed E-state index contributed by atoms with van der Waals surface area (Å²) in [6.07, 6.45) is 1.52. The summed E-state index contributed by atoms with van der Waals surface area (Å²) >= 11 is 11.1. The number of furan rings is 1. The minimum Gasteiger partial charge on any atom is -0.458 e. The van der Waals surface area contributed by atoms with E-state index in [4.69, 9.17) is 33.3 Å². The molecule has 1 aromatic carbocycles. The molecule has 0 bridgehead atoms. The van der Waals surface area contributed by atoms with Gasteiger partial charge in [0.25, 0.3) is 0 Å². The van der Waals surface area contributed by atoms with E-state index in [0.717, 1.165) is 5.69 Å². The number of rotatable bonds is 4. The normalized spacial score (nSPS) is 10.8. The predicted molar refractivity (Wildman–Crippen MR) is 87.7 cm³/mol. The van der Waals surface area contributed by atoms with Gasteiger partial charge in [-0.25, -0.2) is 5.01 Å². The maximum Gasteiger partial charge on any atom is 0.193 e. The molecule has 0 aliphatic carbocycles. The molecule has 0 spiro atoms. The first-order valence-corrected chi connectivity index (χ1v) is 6.91. The van der Waals surface area contributed by atoms with Crippen LogP contribution in [0.3, 0.4) is 0 Å². The van der Waals surface area contributed by atoms with Gasteiger partial charge in [0.15, 0.2) is 5.11 Å². The molecule has 21 heavy (non-hydrogen) atoms. The molecule has 0 radical (unpaired) electrons. The van der Waals surface area contributed by atoms with Crippen molar-refractivity contribution in [2.45, 2.75) is 6.61 Å². The van der Waals surface area contributed by atoms with E-state index in [1.165, 1.54) is 11.2 Å². The van der Waals surface area contributed by atoms with Crippen LogP contribution in [0.2, 0.25) is 5.02 Å². The van der Waals surface area contributed by atoms with Crippen LogP contribution in [0.4, 0.5) is 5.69 Å². The van der Waals surface area contributed by atoms with Gasteiger partial charge in [0.05, 0.1) is 6.21 Å². The molecular formula is C14H14ClN3O2S.